The Bertz CT molecular complexity index is 944. The summed E-state index contributed by atoms with van der Waals surface area (Å²) >= 11 is 6.25. The topological polar surface area (TPSA) is 112 Å². The van der Waals surface area contributed by atoms with E-state index in [-0.39, 0.29) is 12.0 Å². The molecule has 156 valence electrons. The molecule has 4 N–H and O–H groups in total. The molecule has 0 saturated carbocycles. The SMILES string of the molecule is CCC[C@@H]1CC(C(C)(C)C(O)c2cc(Cl)cc3cn[nH]c23)CCN1S(N)(=O)=O. The molecule has 1 aromatic heterocycles. The van der Waals surface area contributed by atoms with Crippen LogP contribution in [-0.4, -0.2) is 40.6 Å². The summed E-state index contributed by atoms with van der Waals surface area (Å²) in [6, 6.07) is 3.44. The molecule has 7 nitrogen and oxygen atoms in total. The highest BCUT2D eigenvalue weighted by atomic mass is 35.5. The minimum absolute atomic E-state index is 0.133. The number of H-pyrrole nitrogens is 1. The Balaban J connectivity index is 1.90. The van der Waals surface area contributed by atoms with E-state index in [1.54, 1.807) is 12.3 Å². The summed E-state index contributed by atoms with van der Waals surface area (Å²) in [6.45, 7) is 6.47. The average molecular weight is 429 g/mol. The lowest BCUT2D eigenvalue weighted by molar-refractivity contribution is -0.0212. The van der Waals surface area contributed by atoms with Crippen molar-refractivity contribution in [1.82, 2.24) is 14.5 Å². The van der Waals surface area contributed by atoms with Gasteiger partial charge in [0.2, 0.25) is 0 Å². The summed E-state index contributed by atoms with van der Waals surface area (Å²) in [5.74, 6) is 0.133. The summed E-state index contributed by atoms with van der Waals surface area (Å²) in [5, 5.41) is 25.2. The van der Waals surface area contributed by atoms with Gasteiger partial charge in [0.05, 0.1) is 17.8 Å². The summed E-state index contributed by atoms with van der Waals surface area (Å²) in [5.41, 5.74) is 1.00. The molecule has 2 aromatic rings. The molecule has 1 aliphatic heterocycles. The second-order valence-corrected chi connectivity index (χ2v) is 10.3. The maximum atomic E-state index is 12.0. The molecular formula is C19H29ClN4O3S. The molecule has 1 aromatic carbocycles. The van der Waals surface area contributed by atoms with Gasteiger partial charge in [-0.05, 0) is 42.7 Å². The number of aromatic amines is 1. The van der Waals surface area contributed by atoms with Crippen molar-refractivity contribution in [2.75, 3.05) is 6.54 Å². The van der Waals surface area contributed by atoms with Crippen LogP contribution in [0.5, 0.6) is 0 Å². The van der Waals surface area contributed by atoms with Crippen molar-refractivity contribution in [2.24, 2.45) is 16.5 Å². The normalized spacial score (nSPS) is 23.2. The molecule has 0 bridgehead atoms. The predicted octanol–water partition coefficient (Wildman–Crippen LogP) is 3.36. The summed E-state index contributed by atoms with van der Waals surface area (Å²) in [4.78, 5) is 0. The number of aliphatic hydroxyl groups is 1. The van der Waals surface area contributed by atoms with Crippen LogP contribution in [0.1, 0.15) is 58.1 Å². The fourth-order valence-corrected chi connectivity index (χ4v) is 5.72. The molecular weight excluding hydrogens is 400 g/mol. The van der Waals surface area contributed by atoms with E-state index < -0.39 is 21.7 Å². The van der Waals surface area contributed by atoms with E-state index in [4.69, 9.17) is 16.7 Å². The number of halogens is 1. The van der Waals surface area contributed by atoms with E-state index >= 15 is 0 Å². The van der Waals surface area contributed by atoms with Crippen LogP contribution in [0.4, 0.5) is 0 Å². The van der Waals surface area contributed by atoms with Gasteiger partial charge in [-0.1, -0.05) is 38.8 Å². The second-order valence-electron chi connectivity index (χ2n) is 8.37. The van der Waals surface area contributed by atoms with Gasteiger partial charge in [-0.25, -0.2) is 5.14 Å². The fourth-order valence-electron chi connectivity index (χ4n) is 4.52. The van der Waals surface area contributed by atoms with Crippen LogP contribution in [0.3, 0.4) is 0 Å². The van der Waals surface area contributed by atoms with Gasteiger partial charge in [0.15, 0.2) is 0 Å². The molecule has 3 rings (SSSR count). The Kier molecular flexibility index (Phi) is 6.08. The molecule has 0 amide bonds. The first kappa shape index (κ1) is 21.5. The number of nitrogens with zero attached hydrogens (tertiary/aromatic N) is 2. The quantitative estimate of drug-likeness (QED) is 0.654. The Morgan fingerprint density at radius 2 is 2.18 bits per heavy atom. The van der Waals surface area contributed by atoms with Crippen molar-refractivity contribution in [3.63, 3.8) is 0 Å². The summed E-state index contributed by atoms with van der Waals surface area (Å²) in [6.07, 6.45) is 3.85. The van der Waals surface area contributed by atoms with Crippen molar-refractivity contribution in [3.8, 4) is 0 Å². The Labute approximate surface area is 171 Å². The van der Waals surface area contributed by atoms with E-state index in [0.29, 0.717) is 30.0 Å². The largest absolute Gasteiger partial charge is 0.388 e. The summed E-state index contributed by atoms with van der Waals surface area (Å²) < 4.78 is 25.4. The molecule has 28 heavy (non-hydrogen) atoms. The van der Waals surface area contributed by atoms with Crippen LogP contribution in [0, 0.1) is 11.3 Å². The van der Waals surface area contributed by atoms with Crippen molar-refractivity contribution < 1.29 is 13.5 Å². The van der Waals surface area contributed by atoms with Gasteiger partial charge in [0.1, 0.15) is 0 Å². The lowest BCUT2D eigenvalue weighted by Crippen LogP contribution is -2.51. The monoisotopic (exact) mass is 428 g/mol. The van der Waals surface area contributed by atoms with Crippen LogP contribution < -0.4 is 5.14 Å². The number of hydrogen-bond acceptors (Lipinski definition) is 4. The molecule has 0 radical (unpaired) electrons. The molecule has 1 aliphatic rings. The van der Waals surface area contributed by atoms with Crippen LogP contribution in [-0.2, 0) is 10.2 Å². The van der Waals surface area contributed by atoms with Crippen LogP contribution in [0.15, 0.2) is 18.3 Å². The zero-order chi connectivity index (χ0) is 20.7. The minimum Gasteiger partial charge on any atom is -0.388 e. The van der Waals surface area contributed by atoms with E-state index in [1.807, 2.05) is 26.8 Å². The van der Waals surface area contributed by atoms with Gasteiger partial charge >= 0.3 is 0 Å². The molecule has 9 heteroatoms. The van der Waals surface area contributed by atoms with Gasteiger partial charge in [-0.15, -0.1) is 0 Å². The third-order valence-electron chi connectivity index (χ3n) is 6.21. The number of aromatic nitrogens is 2. The third kappa shape index (κ3) is 4.07. The van der Waals surface area contributed by atoms with Gasteiger partial charge < -0.3 is 5.11 Å². The molecule has 1 saturated heterocycles. The maximum Gasteiger partial charge on any atom is 0.277 e. The number of aliphatic hydroxyl groups excluding tert-OH is 1. The lowest BCUT2D eigenvalue weighted by atomic mass is 9.67. The van der Waals surface area contributed by atoms with Crippen molar-refractivity contribution in [1.29, 1.82) is 0 Å². The van der Waals surface area contributed by atoms with Crippen LogP contribution in [0.2, 0.25) is 5.02 Å². The number of nitrogens with two attached hydrogens (primary N) is 1. The maximum absolute atomic E-state index is 12.0. The zero-order valence-electron chi connectivity index (χ0n) is 16.5. The van der Waals surface area contributed by atoms with Crippen LogP contribution >= 0.6 is 11.6 Å². The first-order valence-electron chi connectivity index (χ1n) is 9.65. The van der Waals surface area contributed by atoms with Crippen LogP contribution in [0.25, 0.3) is 10.9 Å². The Morgan fingerprint density at radius 3 is 2.82 bits per heavy atom. The minimum atomic E-state index is -3.73. The molecule has 1 fully saturated rings. The van der Waals surface area contributed by atoms with Gasteiger partial charge in [0.25, 0.3) is 10.2 Å². The predicted molar refractivity (Wildman–Crippen MR) is 111 cm³/mol. The number of rotatable bonds is 6. The van der Waals surface area contributed by atoms with E-state index in [2.05, 4.69) is 10.2 Å². The van der Waals surface area contributed by atoms with Crippen molar-refractivity contribution >= 4 is 32.7 Å². The lowest BCUT2D eigenvalue weighted by Gasteiger charge is -2.46. The highest BCUT2D eigenvalue weighted by Gasteiger charge is 2.44. The highest BCUT2D eigenvalue weighted by molar-refractivity contribution is 7.86. The first-order chi connectivity index (χ1) is 13.1. The number of fused-ring (bicyclic) bond motifs is 1. The Hall–Kier alpha value is -1.19. The van der Waals surface area contributed by atoms with Crippen molar-refractivity contribution in [2.45, 2.75) is 58.6 Å². The standard InChI is InChI=1S/C19H29ClN4O3S/c1-4-5-15-9-13(6-7-24(15)28(21,26)27)19(2,3)18(25)16-10-14(20)8-12-11-22-23-17(12)16/h8,10-11,13,15,18,25H,4-7,9H2,1-3H3,(H,22,23)(H2,21,26,27)/t13?,15-,18?/m1/s1. The number of benzene rings is 1. The molecule has 0 aliphatic carbocycles. The Morgan fingerprint density at radius 1 is 1.46 bits per heavy atom. The fraction of sp³-hybridized carbons (Fsp3) is 0.632. The third-order valence-corrected chi connectivity index (χ3v) is 7.56. The molecule has 0 spiro atoms. The smallest absolute Gasteiger partial charge is 0.277 e. The first-order valence-corrected chi connectivity index (χ1v) is 11.5. The van der Waals surface area contributed by atoms with E-state index in [0.717, 1.165) is 23.7 Å². The molecule has 2 unspecified atom stereocenters. The van der Waals surface area contributed by atoms with E-state index in [1.165, 1.54) is 4.31 Å². The molecule has 3 atom stereocenters. The van der Waals surface area contributed by atoms with Crippen molar-refractivity contribution in [3.05, 3.63) is 28.9 Å². The van der Waals surface area contributed by atoms with E-state index in [9.17, 15) is 13.5 Å². The summed E-state index contributed by atoms with van der Waals surface area (Å²) in [7, 11) is -3.73. The number of hydrogen-bond donors (Lipinski definition) is 3. The highest BCUT2D eigenvalue weighted by Crippen LogP contribution is 2.47. The zero-order valence-corrected chi connectivity index (χ0v) is 18.1. The van der Waals surface area contributed by atoms with Gasteiger partial charge in [0, 0.05) is 28.6 Å². The molecule has 2 heterocycles. The van der Waals surface area contributed by atoms with Gasteiger partial charge in [-0.3, -0.25) is 5.10 Å². The van der Waals surface area contributed by atoms with Gasteiger partial charge in [-0.2, -0.15) is 17.8 Å². The second kappa shape index (κ2) is 7.91. The number of nitrogens with one attached hydrogen (secondary N) is 1. The number of piperidine rings is 1. The average Bonchev–Trinajstić information content (AvgIpc) is 3.07.